The third kappa shape index (κ3) is 7.87. The number of rotatable bonds is 8. The second-order valence-corrected chi connectivity index (χ2v) is 8.18. The van der Waals surface area contributed by atoms with Crippen LogP contribution in [0.15, 0.2) is 60.7 Å². The summed E-state index contributed by atoms with van der Waals surface area (Å²) in [5.41, 5.74) is 0.816. The molecular weight excluding hydrogens is 406 g/mol. The predicted molar refractivity (Wildman–Crippen MR) is 114 cm³/mol. The van der Waals surface area contributed by atoms with Gasteiger partial charge in [-0.1, -0.05) is 60.7 Å². The van der Waals surface area contributed by atoms with Crippen LogP contribution in [0.5, 0.6) is 0 Å². The fraction of sp³-hybridized carbons (Fsp3) is 0.348. The van der Waals surface area contributed by atoms with Gasteiger partial charge in [0.1, 0.15) is 12.2 Å². The number of ketones is 1. The van der Waals surface area contributed by atoms with Crippen LogP contribution in [0.1, 0.15) is 31.9 Å². The van der Waals surface area contributed by atoms with E-state index in [0.29, 0.717) is 0 Å². The van der Waals surface area contributed by atoms with Crippen LogP contribution in [0.2, 0.25) is 0 Å². The predicted octanol–water partition coefficient (Wildman–Crippen LogP) is 4.04. The van der Waals surface area contributed by atoms with Gasteiger partial charge in [-0.3, -0.25) is 4.79 Å². The van der Waals surface area contributed by atoms with Crippen molar-refractivity contribution >= 4 is 29.4 Å². The maximum Gasteiger partial charge on any atom is 0.408 e. The summed E-state index contributed by atoms with van der Waals surface area (Å²) in [4.78, 5) is 37.4. The lowest BCUT2D eigenvalue weighted by molar-refractivity contribution is -0.156. The number of ether oxygens (including phenoxy) is 2. The first-order valence-electron chi connectivity index (χ1n) is 9.57. The highest BCUT2D eigenvalue weighted by Crippen LogP contribution is 2.15. The summed E-state index contributed by atoms with van der Waals surface area (Å²) in [7, 11) is 0. The molecule has 6 nitrogen and oxygen atoms in total. The van der Waals surface area contributed by atoms with Crippen molar-refractivity contribution in [2.45, 2.75) is 50.8 Å². The van der Waals surface area contributed by atoms with Gasteiger partial charge in [0.15, 0.2) is 11.2 Å². The van der Waals surface area contributed by atoms with E-state index in [1.807, 2.05) is 60.7 Å². The first kappa shape index (κ1) is 23.4. The molecule has 2 rings (SSSR count). The lowest BCUT2D eigenvalue weighted by Crippen LogP contribution is -2.48. The standard InChI is InChI=1S/C23H26ClNO5/c1-23(2,3)30-21(27)19(24)20(26)18(14-16-10-6-4-7-11-16)25-22(28)29-15-17-12-8-5-9-13-17/h4-13,18-19H,14-15H2,1-3H3,(H,25,28)/t18-,19?/m0/s1. The molecule has 0 saturated heterocycles. The van der Waals surface area contributed by atoms with Crippen molar-refractivity contribution in [1.82, 2.24) is 5.32 Å². The SMILES string of the molecule is CC(C)(C)OC(=O)C(Cl)C(=O)[C@H](Cc1ccccc1)NC(=O)OCc1ccccc1. The number of hydrogen-bond acceptors (Lipinski definition) is 5. The van der Waals surface area contributed by atoms with Gasteiger partial charge in [-0.15, -0.1) is 11.6 Å². The molecule has 0 spiro atoms. The van der Waals surface area contributed by atoms with Gasteiger partial charge >= 0.3 is 12.1 Å². The Morgan fingerprint density at radius 2 is 1.47 bits per heavy atom. The topological polar surface area (TPSA) is 81.7 Å². The monoisotopic (exact) mass is 431 g/mol. The summed E-state index contributed by atoms with van der Waals surface area (Å²) in [6.07, 6.45) is -0.618. The van der Waals surface area contributed by atoms with E-state index in [2.05, 4.69) is 5.32 Å². The second kappa shape index (κ2) is 10.8. The van der Waals surface area contributed by atoms with Crippen LogP contribution in [0.25, 0.3) is 0 Å². The third-order valence-corrected chi connectivity index (χ3v) is 4.39. The smallest absolute Gasteiger partial charge is 0.408 e. The van der Waals surface area contributed by atoms with E-state index >= 15 is 0 Å². The zero-order chi connectivity index (χ0) is 22.1. The third-order valence-electron chi connectivity index (χ3n) is 3.99. The number of benzene rings is 2. The fourth-order valence-corrected chi connectivity index (χ4v) is 2.82. The summed E-state index contributed by atoms with van der Waals surface area (Å²) in [6.45, 7) is 5.09. The van der Waals surface area contributed by atoms with Crippen molar-refractivity contribution in [1.29, 1.82) is 0 Å². The molecule has 2 atom stereocenters. The molecule has 0 saturated carbocycles. The molecule has 30 heavy (non-hydrogen) atoms. The van der Waals surface area contributed by atoms with Crippen LogP contribution < -0.4 is 5.32 Å². The minimum absolute atomic E-state index is 0.0509. The number of alkyl halides is 1. The van der Waals surface area contributed by atoms with Crippen LogP contribution >= 0.6 is 11.6 Å². The molecule has 0 heterocycles. The number of nitrogens with one attached hydrogen (secondary N) is 1. The van der Waals surface area contributed by atoms with E-state index in [0.717, 1.165) is 11.1 Å². The van der Waals surface area contributed by atoms with Gasteiger partial charge in [-0.2, -0.15) is 0 Å². The number of Topliss-reactive ketones (excluding diaryl/α,β-unsaturated/α-hetero) is 1. The van der Waals surface area contributed by atoms with Crippen LogP contribution in [0.4, 0.5) is 4.79 Å². The first-order valence-corrected chi connectivity index (χ1v) is 10.0. The molecule has 160 valence electrons. The van der Waals surface area contributed by atoms with Crippen molar-refractivity contribution in [2.75, 3.05) is 0 Å². The molecule has 0 radical (unpaired) electrons. The molecule has 7 heteroatoms. The van der Waals surface area contributed by atoms with Crippen LogP contribution in [-0.2, 0) is 32.1 Å². The molecule has 0 aliphatic rings. The van der Waals surface area contributed by atoms with Gasteiger partial charge in [-0.05, 0) is 38.3 Å². The molecule has 2 aromatic carbocycles. The molecule has 1 N–H and O–H groups in total. The lowest BCUT2D eigenvalue weighted by Gasteiger charge is -2.23. The normalized spacial score (nSPS) is 13.1. The largest absolute Gasteiger partial charge is 0.459 e. The molecule has 0 aliphatic carbocycles. The lowest BCUT2D eigenvalue weighted by atomic mass is 10.0. The molecule has 1 unspecified atom stereocenters. The minimum atomic E-state index is -1.55. The fourth-order valence-electron chi connectivity index (χ4n) is 2.63. The number of carbonyl (C=O) groups is 3. The molecule has 0 bridgehead atoms. The van der Waals surface area contributed by atoms with Gasteiger partial charge in [0, 0.05) is 0 Å². The van der Waals surface area contributed by atoms with Crippen LogP contribution in [-0.4, -0.2) is 34.9 Å². The summed E-state index contributed by atoms with van der Waals surface area (Å²) in [5, 5.41) is 0.982. The highest BCUT2D eigenvalue weighted by Gasteiger charge is 2.35. The molecule has 1 amide bonds. The zero-order valence-corrected chi connectivity index (χ0v) is 18.0. The van der Waals surface area contributed by atoms with Gasteiger partial charge in [0.05, 0.1) is 6.04 Å². The molecule has 0 fully saturated rings. The number of hydrogen-bond donors (Lipinski definition) is 1. The van der Waals surface area contributed by atoms with Crippen molar-refractivity contribution in [3.63, 3.8) is 0 Å². The first-order chi connectivity index (χ1) is 14.2. The van der Waals surface area contributed by atoms with E-state index in [9.17, 15) is 14.4 Å². The van der Waals surface area contributed by atoms with Crippen LogP contribution in [0.3, 0.4) is 0 Å². The Bertz CT molecular complexity index is 849. The average Bonchev–Trinajstić information content (AvgIpc) is 2.71. The number of halogens is 1. The van der Waals surface area contributed by atoms with Gasteiger partial charge in [0.2, 0.25) is 0 Å². The maximum atomic E-state index is 12.9. The minimum Gasteiger partial charge on any atom is -0.459 e. The average molecular weight is 432 g/mol. The summed E-state index contributed by atoms with van der Waals surface area (Å²) in [6, 6.07) is 17.2. The number of esters is 1. The van der Waals surface area contributed by atoms with Gasteiger partial charge < -0.3 is 14.8 Å². The van der Waals surface area contributed by atoms with Gasteiger partial charge in [0.25, 0.3) is 0 Å². The highest BCUT2D eigenvalue weighted by atomic mass is 35.5. The highest BCUT2D eigenvalue weighted by molar-refractivity contribution is 6.41. The molecule has 2 aromatic rings. The summed E-state index contributed by atoms with van der Waals surface area (Å²) in [5.74, 6) is -1.52. The maximum absolute atomic E-state index is 12.9. The van der Waals surface area contributed by atoms with Crippen LogP contribution in [0, 0.1) is 0 Å². The van der Waals surface area contributed by atoms with E-state index < -0.39 is 34.9 Å². The Labute approximate surface area is 181 Å². The van der Waals surface area contributed by atoms with Gasteiger partial charge in [-0.25, -0.2) is 9.59 Å². The Hall–Kier alpha value is -2.86. The van der Waals surface area contributed by atoms with E-state index in [4.69, 9.17) is 21.1 Å². The number of carbonyl (C=O) groups excluding carboxylic acids is 3. The summed E-state index contributed by atoms with van der Waals surface area (Å²) >= 11 is 6.09. The summed E-state index contributed by atoms with van der Waals surface area (Å²) < 4.78 is 10.4. The van der Waals surface area contributed by atoms with Crippen molar-refractivity contribution in [3.8, 4) is 0 Å². The van der Waals surface area contributed by atoms with Crippen molar-refractivity contribution in [3.05, 3.63) is 71.8 Å². The van der Waals surface area contributed by atoms with E-state index in [1.165, 1.54) is 0 Å². The molecular formula is C23H26ClNO5. The Morgan fingerprint density at radius 3 is 2.00 bits per heavy atom. The van der Waals surface area contributed by atoms with E-state index in [1.54, 1.807) is 20.8 Å². The Morgan fingerprint density at radius 1 is 0.933 bits per heavy atom. The quantitative estimate of drug-likeness (QED) is 0.387. The Balaban J connectivity index is 2.08. The number of amides is 1. The zero-order valence-electron chi connectivity index (χ0n) is 17.3. The van der Waals surface area contributed by atoms with E-state index in [-0.39, 0.29) is 13.0 Å². The number of alkyl carbamates (subject to hydrolysis) is 1. The molecule has 0 aliphatic heterocycles. The Kier molecular flexibility index (Phi) is 8.42. The molecule has 0 aromatic heterocycles. The second-order valence-electron chi connectivity index (χ2n) is 7.75. The van der Waals surface area contributed by atoms with Crippen molar-refractivity contribution in [2.24, 2.45) is 0 Å². The van der Waals surface area contributed by atoms with Crippen molar-refractivity contribution < 1.29 is 23.9 Å².